The Balaban J connectivity index is 2.21. The van der Waals surface area contributed by atoms with Gasteiger partial charge in [-0.2, -0.15) is 5.10 Å². The lowest BCUT2D eigenvalue weighted by atomic mass is 10.1. The van der Waals surface area contributed by atoms with E-state index in [4.69, 9.17) is 4.74 Å². The number of ether oxygens (including phenoxy) is 1. The number of nitrogens with zero attached hydrogens (tertiary/aromatic N) is 2. The van der Waals surface area contributed by atoms with E-state index in [1.54, 1.807) is 19.2 Å². The highest BCUT2D eigenvalue weighted by atomic mass is 16.5. The number of hydrogen-bond acceptors (Lipinski definition) is 4. The number of benzene rings is 1. The fraction of sp³-hybridized carbons (Fsp3) is 0.333. The third-order valence-corrected chi connectivity index (χ3v) is 3.10. The van der Waals surface area contributed by atoms with Gasteiger partial charge in [-0.05, 0) is 32.0 Å². The van der Waals surface area contributed by atoms with Crippen molar-refractivity contribution in [3.05, 3.63) is 47.8 Å². The smallest absolute Gasteiger partial charge is 0.340 e. The quantitative estimate of drug-likeness (QED) is 0.851. The Hall–Kier alpha value is -2.30. The number of rotatable bonds is 5. The Bertz CT molecular complexity index is 592. The van der Waals surface area contributed by atoms with Crippen molar-refractivity contribution in [2.75, 3.05) is 11.9 Å². The molecule has 5 heteroatoms. The van der Waals surface area contributed by atoms with Crippen LogP contribution in [0.1, 0.15) is 35.9 Å². The minimum atomic E-state index is -0.312. The molecule has 1 atom stereocenters. The molecule has 1 aromatic carbocycles. The lowest BCUT2D eigenvalue weighted by Crippen LogP contribution is -2.14. The molecule has 1 aromatic heterocycles. The van der Waals surface area contributed by atoms with Gasteiger partial charge in [0, 0.05) is 18.9 Å². The van der Waals surface area contributed by atoms with E-state index in [0.29, 0.717) is 12.2 Å². The third-order valence-electron chi connectivity index (χ3n) is 3.10. The van der Waals surface area contributed by atoms with Gasteiger partial charge in [0.15, 0.2) is 0 Å². The standard InChI is InChI=1S/C15H19N3O2/c1-4-20-15(19)12-7-5-6-8-13(12)17-11(2)14-9-10-16-18(14)3/h5-11,17H,4H2,1-3H3. The predicted octanol–water partition coefficient (Wildman–Crippen LogP) is 2.77. The van der Waals surface area contributed by atoms with Gasteiger partial charge >= 0.3 is 5.97 Å². The summed E-state index contributed by atoms with van der Waals surface area (Å²) in [6.07, 6.45) is 1.75. The average molecular weight is 273 g/mol. The van der Waals surface area contributed by atoms with E-state index < -0.39 is 0 Å². The maximum Gasteiger partial charge on any atom is 0.340 e. The monoisotopic (exact) mass is 273 g/mol. The molecule has 20 heavy (non-hydrogen) atoms. The number of aromatic nitrogens is 2. The van der Waals surface area contributed by atoms with Gasteiger partial charge in [-0.1, -0.05) is 12.1 Å². The van der Waals surface area contributed by atoms with Crippen LogP contribution in [-0.4, -0.2) is 22.4 Å². The van der Waals surface area contributed by atoms with Gasteiger partial charge in [0.25, 0.3) is 0 Å². The molecule has 0 amide bonds. The van der Waals surface area contributed by atoms with Gasteiger partial charge in [-0.15, -0.1) is 0 Å². The lowest BCUT2D eigenvalue weighted by molar-refractivity contribution is 0.0527. The molecule has 0 aliphatic carbocycles. The van der Waals surface area contributed by atoms with Crippen LogP contribution in [0.25, 0.3) is 0 Å². The third kappa shape index (κ3) is 2.99. The summed E-state index contributed by atoms with van der Waals surface area (Å²) >= 11 is 0. The molecular weight excluding hydrogens is 254 g/mol. The molecule has 0 spiro atoms. The fourth-order valence-electron chi connectivity index (χ4n) is 2.11. The van der Waals surface area contributed by atoms with Crippen LogP contribution in [-0.2, 0) is 11.8 Å². The summed E-state index contributed by atoms with van der Waals surface area (Å²) in [6, 6.07) is 9.34. The first kappa shape index (κ1) is 14.1. The minimum absolute atomic E-state index is 0.0399. The van der Waals surface area contributed by atoms with Crippen molar-refractivity contribution < 1.29 is 9.53 Å². The summed E-state index contributed by atoms with van der Waals surface area (Å²) < 4.78 is 6.88. The van der Waals surface area contributed by atoms with Crippen LogP contribution < -0.4 is 5.32 Å². The molecular formula is C15H19N3O2. The molecule has 1 unspecified atom stereocenters. The highest BCUT2D eigenvalue weighted by molar-refractivity contribution is 5.95. The average Bonchev–Trinajstić information content (AvgIpc) is 2.86. The molecule has 1 N–H and O–H groups in total. The Morgan fingerprint density at radius 1 is 1.40 bits per heavy atom. The van der Waals surface area contributed by atoms with E-state index in [1.165, 1.54) is 0 Å². The molecule has 1 heterocycles. The van der Waals surface area contributed by atoms with Gasteiger partial charge in [0.2, 0.25) is 0 Å². The second-order valence-electron chi connectivity index (χ2n) is 4.51. The van der Waals surface area contributed by atoms with Crippen LogP contribution in [0.5, 0.6) is 0 Å². The number of nitrogens with one attached hydrogen (secondary N) is 1. The summed E-state index contributed by atoms with van der Waals surface area (Å²) in [5.74, 6) is -0.312. The topological polar surface area (TPSA) is 56.1 Å². The van der Waals surface area contributed by atoms with Crippen LogP contribution in [0, 0.1) is 0 Å². The number of aryl methyl sites for hydroxylation is 1. The van der Waals surface area contributed by atoms with Gasteiger partial charge in [0.05, 0.1) is 23.9 Å². The first-order chi connectivity index (χ1) is 9.63. The van der Waals surface area contributed by atoms with Crippen molar-refractivity contribution in [3.63, 3.8) is 0 Å². The summed E-state index contributed by atoms with van der Waals surface area (Å²) in [7, 11) is 1.89. The second kappa shape index (κ2) is 6.23. The molecule has 0 bridgehead atoms. The zero-order valence-electron chi connectivity index (χ0n) is 12.0. The maximum atomic E-state index is 11.9. The molecule has 106 valence electrons. The number of carbonyl (C=O) groups excluding carboxylic acids is 1. The molecule has 0 aliphatic rings. The van der Waals surface area contributed by atoms with E-state index in [0.717, 1.165) is 11.4 Å². The predicted molar refractivity (Wildman–Crippen MR) is 77.6 cm³/mol. The SMILES string of the molecule is CCOC(=O)c1ccccc1NC(C)c1ccnn1C. The molecule has 0 aliphatic heterocycles. The van der Waals surface area contributed by atoms with Crippen molar-refractivity contribution in [2.45, 2.75) is 19.9 Å². The number of para-hydroxylation sites is 1. The van der Waals surface area contributed by atoms with Crippen molar-refractivity contribution in [2.24, 2.45) is 7.05 Å². The molecule has 0 saturated carbocycles. The summed E-state index contributed by atoms with van der Waals surface area (Å²) in [4.78, 5) is 11.9. The van der Waals surface area contributed by atoms with Crippen molar-refractivity contribution in [3.8, 4) is 0 Å². The van der Waals surface area contributed by atoms with Crippen molar-refractivity contribution in [1.29, 1.82) is 0 Å². The Labute approximate surface area is 118 Å². The molecule has 2 rings (SSSR count). The van der Waals surface area contributed by atoms with E-state index in [1.807, 2.05) is 42.9 Å². The molecule has 0 saturated heterocycles. The number of anilines is 1. The largest absolute Gasteiger partial charge is 0.462 e. The first-order valence-corrected chi connectivity index (χ1v) is 6.64. The summed E-state index contributed by atoms with van der Waals surface area (Å²) in [5.41, 5.74) is 2.35. The normalized spacial score (nSPS) is 11.9. The lowest BCUT2D eigenvalue weighted by Gasteiger charge is -2.17. The van der Waals surface area contributed by atoms with Crippen LogP contribution in [0.3, 0.4) is 0 Å². The highest BCUT2D eigenvalue weighted by Gasteiger charge is 2.15. The maximum absolute atomic E-state index is 11.9. The van der Waals surface area contributed by atoms with Gasteiger partial charge < -0.3 is 10.1 Å². The second-order valence-corrected chi connectivity index (χ2v) is 4.51. The zero-order chi connectivity index (χ0) is 14.5. The summed E-state index contributed by atoms with van der Waals surface area (Å²) in [5, 5.41) is 7.48. The summed E-state index contributed by atoms with van der Waals surface area (Å²) in [6.45, 7) is 4.19. The van der Waals surface area contributed by atoms with E-state index in [9.17, 15) is 4.79 Å². The van der Waals surface area contributed by atoms with Gasteiger partial charge in [0.1, 0.15) is 0 Å². The van der Waals surface area contributed by atoms with Gasteiger partial charge in [-0.3, -0.25) is 4.68 Å². The Kier molecular flexibility index (Phi) is 4.40. The number of hydrogen-bond donors (Lipinski definition) is 1. The first-order valence-electron chi connectivity index (χ1n) is 6.64. The Morgan fingerprint density at radius 3 is 2.80 bits per heavy atom. The zero-order valence-corrected chi connectivity index (χ0v) is 12.0. The van der Waals surface area contributed by atoms with E-state index in [-0.39, 0.29) is 12.0 Å². The number of esters is 1. The van der Waals surface area contributed by atoms with Crippen LogP contribution in [0.2, 0.25) is 0 Å². The molecule has 0 radical (unpaired) electrons. The van der Waals surface area contributed by atoms with E-state index >= 15 is 0 Å². The molecule has 2 aromatic rings. The van der Waals surface area contributed by atoms with Crippen LogP contribution >= 0.6 is 0 Å². The number of carbonyl (C=O) groups is 1. The van der Waals surface area contributed by atoms with Crippen LogP contribution in [0.4, 0.5) is 5.69 Å². The fourth-order valence-corrected chi connectivity index (χ4v) is 2.11. The Morgan fingerprint density at radius 2 is 2.15 bits per heavy atom. The van der Waals surface area contributed by atoms with Crippen LogP contribution in [0.15, 0.2) is 36.5 Å². The highest BCUT2D eigenvalue weighted by Crippen LogP contribution is 2.22. The van der Waals surface area contributed by atoms with E-state index in [2.05, 4.69) is 10.4 Å². The van der Waals surface area contributed by atoms with Gasteiger partial charge in [-0.25, -0.2) is 4.79 Å². The van der Waals surface area contributed by atoms with Crippen molar-refractivity contribution >= 4 is 11.7 Å². The minimum Gasteiger partial charge on any atom is -0.462 e. The van der Waals surface area contributed by atoms with Crippen molar-refractivity contribution in [1.82, 2.24) is 9.78 Å². The molecule has 0 fully saturated rings. The molecule has 5 nitrogen and oxygen atoms in total.